The Bertz CT molecular complexity index is 162. The summed E-state index contributed by atoms with van der Waals surface area (Å²) in [7, 11) is 0. The lowest BCUT2D eigenvalue weighted by Crippen LogP contribution is -2.32. The van der Waals surface area contributed by atoms with Crippen LogP contribution in [0, 0.1) is 0 Å². The van der Waals surface area contributed by atoms with E-state index in [0.29, 0.717) is 0 Å². The number of halogens is 1. The monoisotopic (exact) mass is 249 g/mol. The minimum atomic E-state index is -0.250. The van der Waals surface area contributed by atoms with Gasteiger partial charge >= 0.3 is 5.97 Å². The van der Waals surface area contributed by atoms with Crippen molar-refractivity contribution in [1.82, 2.24) is 4.34 Å². The molecule has 0 aromatic rings. The summed E-state index contributed by atoms with van der Waals surface area (Å²) in [5.41, 5.74) is 0. The Morgan fingerprint density at radius 1 is 1.77 bits per heavy atom. The normalized spacial score (nSPS) is 12.2. The topological polar surface area (TPSA) is 38.3 Å². The van der Waals surface area contributed by atoms with Crippen molar-refractivity contribution in [3.05, 3.63) is 12.7 Å². The smallest absolute Gasteiger partial charge is 0.324 e. The van der Waals surface area contributed by atoms with Crippen LogP contribution in [-0.2, 0) is 9.53 Å². The summed E-state index contributed by atoms with van der Waals surface area (Å²) in [6.45, 7) is 5.83. The highest BCUT2D eigenvalue weighted by Crippen LogP contribution is 2.03. The molecule has 13 heavy (non-hydrogen) atoms. The molecule has 0 aliphatic rings. The summed E-state index contributed by atoms with van der Waals surface area (Å²) in [4.78, 5) is 11.3. The van der Waals surface area contributed by atoms with Crippen molar-refractivity contribution in [3.63, 3.8) is 0 Å². The van der Waals surface area contributed by atoms with E-state index in [1.165, 1.54) is 0 Å². The highest BCUT2D eigenvalue weighted by Gasteiger charge is 2.16. The second-order valence-corrected chi connectivity index (χ2v) is 3.18. The van der Waals surface area contributed by atoms with Gasteiger partial charge in [0.25, 0.3) is 0 Å². The van der Waals surface area contributed by atoms with Gasteiger partial charge in [0.2, 0.25) is 0 Å². The summed E-state index contributed by atoms with van der Waals surface area (Å²) in [5.74, 6) is -0.231. The third kappa shape index (κ3) is 5.82. The fraction of sp³-hybridized carbons (Fsp3) is 0.667. The van der Waals surface area contributed by atoms with E-state index in [1.54, 1.807) is 6.08 Å². The predicted molar refractivity (Wildman–Crippen MR) is 56.5 cm³/mol. The van der Waals surface area contributed by atoms with Gasteiger partial charge in [0, 0.05) is 16.1 Å². The Labute approximate surface area is 87.9 Å². The number of esters is 1. The Morgan fingerprint density at radius 2 is 2.46 bits per heavy atom. The maximum absolute atomic E-state index is 11.3. The van der Waals surface area contributed by atoms with Crippen molar-refractivity contribution in [2.24, 2.45) is 0 Å². The van der Waals surface area contributed by atoms with Gasteiger partial charge in [-0.2, -0.15) is 0 Å². The van der Waals surface area contributed by atoms with Gasteiger partial charge in [-0.05, 0) is 6.42 Å². The summed E-state index contributed by atoms with van der Waals surface area (Å²) in [6.07, 6.45) is 4.42. The molecule has 0 bridgehead atoms. The summed E-state index contributed by atoms with van der Waals surface area (Å²) >= 11 is 3.06. The van der Waals surface area contributed by atoms with Crippen molar-refractivity contribution in [3.8, 4) is 0 Å². The molecule has 3 nitrogen and oxygen atoms in total. The second kappa shape index (κ2) is 8.26. The van der Waals surface area contributed by atoms with E-state index in [1.807, 2.05) is 0 Å². The third-order valence-corrected chi connectivity index (χ3v) is 2.16. The first kappa shape index (κ1) is 12.7. The first-order valence-corrected chi connectivity index (χ1v) is 5.19. The van der Waals surface area contributed by atoms with Gasteiger partial charge in [0.05, 0.1) is 0 Å². The van der Waals surface area contributed by atoms with E-state index in [0.717, 1.165) is 19.3 Å². The molecule has 0 spiro atoms. The summed E-state index contributed by atoms with van der Waals surface area (Å²) in [5, 5.41) is 0. The zero-order valence-electron chi connectivity index (χ0n) is 7.88. The number of hydrogen-bond acceptors (Lipinski definition) is 3. The maximum Gasteiger partial charge on any atom is 0.324 e. The molecule has 0 heterocycles. The van der Waals surface area contributed by atoms with Crippen LogP contribution in [0.4, 0.5) is 0 Å². The van der Waals surface area contributed by atoms with E-state index in [4.69, 9.17) is 4.74 Å². The van der Waals surface area contributed by atoms with Crippen LogP contribution < -0.4 is 4.34 Å². The highest BCUT2D eigenvalue weighted by atomic mass is 79.9. The van der Waals surface area contributed by atoms with Crippen molar-refractivity contribution in [1.29, 1.82) is 0 Å². The molecule has 0 unspecified atom stereocenters. The average Bonchev–Trinajstić information content (AvgIpc) is 2.16. The van der Waals surface area contributed by atoms with Crippen LogP contribution in [0.2, 0.25) is 0 Å². The molecule has 4 heteroatoms. The molecule has 1 N–H and O–H groups in total. The molecule has 0 aromatic heterocycles. The van der Waals surface area contributed by atoms with E-state index in [-0.39, 0.29) is 18.6 Å². The lowest BCUT2D eigenvalue weighted by molar-refractivity contribution is -0.144. The molecule has 0 saturated heterocycles. The van der Waals surface area contributed by atoms with E-state index >= 15 is 0 Å². The van der Waals surface area contributed by atoms with Crippen LogP contribution >= 0.6 is 16.1 Å². The molecule has 76 valence electrons. The number of carbonyl (C=O) groups excluding carboxylic acids is 1. The molecule has 0 aliphatic heterocycles. The van der Waals surface area contributed by atoms with Crippen LogP contribution in [-0.4, -0.2) is 18.6 Å². The Balaban J connectivity index is 3.77. The van der Waals surface area contributed by atoms with Crippen LogP contribution in [0.5, 0.6) is 0 Å². The number of rotatable bonds is 7. The lowest BCUT2D eigenvalue weighted by atomic mass is 10.1. The van der Waals surface area contributed by atoms with Crippen molar-refractivity contribution >= 4 is 22.1 Å². The minimum absolute atomic E-state index is 0.231. The fourth-order valence-electron chi connectivity index (χ4n) is 0.867. The largest absolute Gasteiger partial charge is 0.460 e. The number of unbranched alkanes of at least 4 members (excludes halogenated alkanes) is 1. The molecule has 0 aromatic carbocycles. The first-order valence-electron chi connectivity index (χ1n) is 4.40. The second-order valence-electron chi connectivity index (χ2n) is 2.72. The first-order chi connectivity index (χ1) is 6.26. The van der Waals surface area contributed by atoms with Gasteiger partial charge < -0.3 is 4.74 Å². The van der Waals surface area contributed by atoms with Gasteiger partial charge in [-0.25, -0.2) is 4.34 Å². The lowest BCUT2D eigenvalue weighted by Gasteiger charge is -2.12. The quantitative estimate of drug-likeness (QED) is 0.427. The molecular weight excluding hydrogens is 234 g/mol. The fourth-order valence-corrected chi connectivity index (χ4v) is 1.28. The van der Waals surface area contributed by atoms with E-state index in [9.17, 15) is 4.79 Å². The van der Waals surface area contributed by atoms with E-state index < -0.39 is 0 Å². The molecule has 0 saturated carbocycles. The van der Waals surface area contributed by atoms with E-state index in [2.05, 4.69) is 34.0 Å². The number of carbonyl (C=O) groups is 1. The van der Waals surface area contributed by atoms with Gasteiger partial charge in [0.1, 0.15) is 12.6 Å². The molecule has 0 amide bonds. The maximum atomic E-state index is 11.3. The zero-order valence-corrected chi connectivity index (χ0v) is 9.47. The summed E-state index contributed by atoms with van der Waals surface area (Å²) < 4.78 is 7.64. The van der Waals surface area contributed by atoms with Crippen LogP contribution in [0.1, 0.15) is 26.2 Å². The molecule has 0 rings (SSSR count). The SMILES string of the molecule is C=CCOC(=O)[C@H](CCCC)NBr. The molecule has 0 aliphatic carbocycles. The molecule has 1 atom stereocenters. The highest BCUT2D eigenvalue weighted by molar-refractivity contribution is 9.08. The van der Waals surface area contributed by atoms with Gasteiger partial charge in [0.15, 0.2) is 0 Å². The van der Waals surface area contributed by atoms with Crippen molar-refractivity contribution in [2.75, 3.05) is 6.61 Å². The number of nitrogens with one attached hydrogen (secondary N) is 1. The molecule has 0 fully saturated rings. The molecule has 0 radical (unpaired) electrons. The van der Waals surface area contributed by atoms with Crippen molar-refractivity contribution < 1.29 is 9.53 Å². The van der Waals surface area contributed by atoms with Crippen molar-refractivity contribution in [2.45, 2.75) is 32.2 Å². The number of hydrogen-bond donors (Lipinski definition) is 1. The molecular formula is C9H16BrNO2. The van der Waals surface area contributed by atoms with Crippen LogP contribution in [0.3, 0.4) is 0 Å². The van der Waals surface area contributed by atoms with Gasteiger partial charge in [-0.1, -0.05) is 32.4 Å². The standard InChI is InChI=1S/C9H16BrNO2/c1-3-5-6-8(11-10)9(12)13-7-4-2/h4,8,11H,2-3,5-7H2,1H3/t8-/m0/s1. The third-order valence-electron chi connectivity index (χ3n) is 1.61. The predicted octanol–water partition coefficient (Wildman–Crippen LogP) is 2.17. The number of ether oxygens (including phenoxy) is 1. The van der Waals surface area contributed by atoms with Gasteiger partial charge in [-0.3, -0.25) is 4.79 Å². The average molecular weight is 250 g/mol. The summed E-state index contributed by atoms with van der Waals surface area (Å²) in [6, 6.07) is -0.250. The Morgan fingerprint density at radius 3 is 2.92 bits per heavy atom. The zero-order chi connectivity index (χ0) is 10.1. The van der Waals surface area contributed by atoms with Crippen LogP contribution in [0.25, 0.3) is 0 Å². The Kier molecular flexibility index (Phi) is 8.04. The Hall–Kier alpha value is -0.350. The van der Waals surface area contributed by atoms with Crippen LogP contribution in [0.15, 0.2) is 12.7 Å². The van der Waals surface area contributed by atoms with Gasteiger partial charge in [-0.15, -0.1) is 0 Å². The minimum Gasteiger partial charge on any atom is -0.460 e.